The molecule has 0 saturated heterocycles. The summed E-state index contributed by atoms with van der Waals surface area (Å²) in [4.78, 5) is 11.7. The van der Waals surface area contributed by atoms with Crippen molar-refractivity contribution in [1.29, 1.82) is 0 Å². The van der Waals surface area contributed by atoms with E-state index >= 15 is 0 Å². The zero-order valence-electron chi connectivity index (χ0n) is 13.3. The lowest BCUT2D eigenvalue weighted by atomic mass is 9.52. The Morgan fingerprint density at radius 2 is 2.00 bits per heavy atom. The summed E-state index contributed by atoms with van der Waals surface area (Å²) >= 11 is 0. The number of rotatable bonds is 0. The van der Waals surface area contributed by atoms with E-state index in [2.05, 4.69) is 13.8 Å². The fourth-order valence-electron chi connectivity index (χ4n) is 6.52. The molecule has 2 nitrogen and oxygen atoms in total. The van der Waals surface area contributed by atoms with Gasteiger partial charge in [0.25, 0.3) is 0 Å². The predicted octanol–water partition coefficient (Wildman–Crippen LogP) is 3.74. The largest absolute Gasteiger partial charge is 0.392 e. The van der Waals surface area contributed by atoms with Crippen molar-refractivity contribution in [2.24, 2.45) is 35.0 Å². The molecule has 1 N–H and O–H groups in total. The van der Waals surface area contributed by atoms with E-state index in [1.165, 1.54) is 31.3 Å². The molecule has 0 radical (unpaired) electrons. The topological polar surface area (TPSA) is 37.3 Å². The van der Waals surface area contributed by atoms with Crippen LogP contribution in [-0.2, 0) is 4.79 Å². The summed E-state index contributed by atoms with van der Waals surface area (Å²) in [5, 5.41) is 10.7. The number of fused-ring (bicyclic) bond motifs is 5. The van der Waals surface area contributed by atoms with Crippen molar-refractivity contribution in [3.8, 4) is 0 Å². The third-order valence-corrected chi connectivity index (χ3v) is 7.58. The van der Waals surface area contributed by atoms with Gasteiger partial charge in [-0.15, -0.1) is 0 Å². The number of hydrogen-bond acceptors (Lipinski definition) is 2. The molecule has 7 atom stereocenters. The van der Waals surface area contributed by atoms with Gasteiger partial charge in [-0.25, -0.2) is 0 Å². The van der Waals surface area contributed by atoms with Crippen molar-refractivity contribution < 1.29 is 9.90 Å². The van der Waals surface area contributed by atoms with E-state index in [0.29, 0.717) is 23.5 Å². The smallest absolute Gasteiger partial charge is 0.155 e. The molecule has 0 aliphatic heterocycles. The number of allylic oxidation sites excluding steroid dienone is 1. The SMILES string of the molecule is C[C@@H]1C[C@H]2[C@@H]3CCC4=CC(=O)CC[C@@H]4[C@H]3CC[C@]2(C)[C@H]1O. The lowest BCUT2D eigenvalue weighted by Crippen LogP contribution is -2.47. The van der Waals surface area contributed by atoms with Gasteiger partial charge in [-0.3, -0.25) is 4.79 Å². The zero-order valence-corrected chi connectivity index (χ0v) is 13.3. The Morgan fingerprint density at radius 3 is 2.81 bits per heavy atom. The number of carbonyl (C=O) groups is 1. The van der Waals surface area contributed by atoms with Crippen molar-refractivity contribution in [3.05, 3.63) is 11.6 Å². The molecule has 0 aromatic heterocycles. The van der Waals surface area contributed by atoms with Crippen LogP contribution in [0, 0.1) is 35.0 Å². The molecule has 0 aromatic carbocycles. The highest BCUT2D eigenvalue weighted by Gasteiger charge is 2.57. The Labute approximate surface area is 128 Å². The normalized spacial score (nSPS) is 52.7. The van der Waals surface area contributed by atoms with Crippen LogP contribution in [0.5, 0.6) is 0 Å². The maximum atomic E-state index is 11.7. The van der Waals surface area contributed by atoms with Gasteiger partial charge in [0.1, 0.15) is 0 Å². The number of hydrogen-bond donors (Lipinski definition) is 1. The fourth-order valence-corrected chi connectivity index (χ4v) is 6.52. The molecule has 4 aliphatic rings. The van der Waals surface area contributed by atoms with Crippen LogP contribution in [0.4, 0.5) is 0 Å². The fraction of sp³-hybridized carbons (Fsp3) is 0.842. The molecule has 4 aliphatic carbocycles. The minimum atomic E-state index is -0.103. The van der Waals surface area contributed by atoms with Crippen LogP contribution in [-0.4, -0.2) is 17.0 Å². The molecule has 21 heavy (non-hydrogen) atoms. The van der Waals surface area contributed by atoms with E-state index in [-0.39, 0.29) is 11.5 Å². The maximum absolute atomic E-state index is 11.7. The quantitative estimate of drug-likeness (QED) is 0.737. The summed E-state index contributed by atoms with van der Waals surface area (Å²) in [6.45, 7) is 4.58. The summed E-state index contributed by atoms with van der Waals surface area (Å²) in [5.74, 6) is 3.78. The first-order chi connectivity index (χ1) is 10.0. The van der Waals surface area contributed by atoms with E-state index < -0.39 is 0 Å². The van der Waals surface area contributed by atoms with E-state index in [4.69, 9.17) is 0 Å². The Balaban J connectivity index is 1.64. The molecule has 2 heteroatoms. The molecule has 3 saturated carbocycles. The van der Waals surface area contributed by atoms with Crippen LogP contribution in [0.25, 0.3) is 0 Å². The second-order valence-corrected chi connectivity index (χ2v) is 8.51. The summed E-state index contributed by atoms with van der Waals surface area (Å²) < 4.78 is 0. The van der Waals surface area contributed by atoms with Crippen molar-refractivity contribution in [3.63, 3.8) is 0 Å². The van der Waals surface area contributed by atoms with Gasteiger partial charge >= 0.3 is 0 Å². The Bertz CT molecular complexity index is 494. The first kappa shape index (κ1) is 14.0. The van der Waals surface area contributed by atoms with E-state index in [1.807, 2.05) is 6.08 Å². The summed E-state index contributed by atoms with van der Waals surface area (Å²) in [6, 6.07) is 0. The molecule has 116 valence electrons. The third kappa shape index (κ3) is 1.91. The number of aliphatic hydroxyl groups is 1. The highest BCUT2D eigenvalue weighted by molar-refractivity contribution is 5.91. The van der Waals surface area contributed by atoms with Gasteiger partial charge < -0.3 is 5.11 Å². The minimum absolute atomic E-state index is 0.103. The molecule has 0 heterocycles. The molecule has 0 unspecified atom stereocenters. The van der Waals surface area contributed by atoms with Gasteiger partial charge in [-0.1, -0.05) is 19.4 Å². The molecule has 0 spiro atoms. The van der Waals surface area contributed by atoms with Gasteiger partial charge in [0.15, 0.2) is 5.78 Å². The lowest BCUT2D eigenvalue weighted by Gasteiger charge is -2.53. The van der Waals surface area contributed by atoms with Crippen molar-refractivity contribution in [2.75, 3.05) is 0 Å². The summed E-state index contributed by atoms with van der Waals surface area (Å²) in [6.07, 6.45) is 9.77. The van der Waals surface area contributed by atoms with Crippen molar-refractivity contribution in [1.82, 2.24) is 0 Å². The van der Waals surface area contributed by atoms with Crippen LogP contribution in [0.2, 0.25) is 0 Å². The van der Waals surface area contributed by atoms with Gasteiger partial charge in [0.2, 0.25) is 0 Å². The highest BCUT2D eigenvalue weighted by Crippen LogP contribution is 2.62. The van der Waals surface area contributed by atoms with Gasteiger partial charge in [-0.05, 0) is 79.6 Å². The number of carbonyl (C=O) groups excluding carboxylic acids is 1. The van der Waals surface area contributed by atoms with Crippen LogP contribution in [0.3, 0.4) is 0 Å². The monoisotopic (exact) mass is 288 g/mol. The van der Waals surface area contributed by atoms with E-state index in [1.54, 1.807) is 0 Å². The third-order valence-electron chi connectivity index (χ3n) is 7.58. The Morgan fingerprint density at radius 1 is 1.19 bits per heavy atom. The predicted molar refractivity (Wildman–Crippen MR) is 82.6 cm³/mol. The van der Waals surface area contributed by atoms with Gasteiger partial charge in [0.05, 0.1) is 6.10 Å². The van der Waals surface area contributed by atoms with Crippen molar-refractivity contribution >= 4 is 5.78 Å². The molecule has 0 bridgehead atoms. The van der Waals surface area contributed by atoms with Gasteiger partial charge in [-0.2, -0.15) is 0 Å². The molecular weight excluding hydrogens is 260 g/mol. The summed E-state index contributed by atoms with van der Waals surface area (Å²) in [5.41, 5.74) is 1.62. The van der Waals surface area contributed by atoms with Crippen LogP contribution in [0.1, 0.15) is 58.8 Å². The standard InChI is InChI=1S/C19H28O2/c1-11-9-17-16-5-3-12-10-13(20)4-6-14(12)15(16)7-8-19(17,2)18(11)21/h10-11,14-18,21H,3-9H2,1-2H3/t11-,14+,15-,16-,17+,18+,19+/m1/s1. The van der Waals surface area contributed by atoms with Crippen LogP contribution < -0.4 is 0 Å². The molecule has 0 amide bonds. The first-order valence-electron chi connectivity index (χ1n) is 8.92. The van der Waals surface area contributed by atoms with Crippen LogP contribution >= 0.6 is 0 Å². The van der Waals surface area contributed by atoms with E-state index in [9.17, 15) is 9.90 Å². The second kappa shape index (κ2) is 4.68. The summed E-state index contributed by atoms with van der Waals surface area (Å²) in [7, 11) is 0. The van der Waals surface area contributed by atoms with Crippen molar-refractivity contribution in [2.45, 2.75) is 64.9 Å². The van der Waals surface area contributed by atoms with E-state index in [0.717, 1.165) is 31.1 Å². The highest BCUT2D eigenvalue weighted by atomic mass is 16.3. The first-order valence-corrected chi connectivity index (χ1v) is 8.92. The molecule has 4 rings (SSSR count). The molecular formula is C19H28O2. The zero-order chi connectivity index (χ0) is 14.8. The Kier molecular flexibility index (Phi) is 3.12. The maximum Gasteiger partial charge on any atom is 0.155 e. The lowest BCUT2D eigenvalue weighted by molar-refractivity contribution is -0.116. The average molecular weight is 288 g/mol. The van der Waals surface area contributed by atoms with Crippen LogP contribution in [0.15, 0.2) is 11.6 Å². The average Bonchev–Trinajstić information content (AvgIpc) is 2.70. The minimum Gasteiger partial charge on any atom is -0.392 e. The second-order valence-electron chi connectivity index (χ2n) is 8.51. The molecule has 0 aromatic rings. The Hall–Kier alpha value is -0.630. The number of ketones is 1. The van der Waals surface area contributed by atoms with Gasteiger partial charge in [0, 0.05) is 6.42 Å². The number of aliphatic hydroxyl groups excluding tert-OH is 1. The molecule has 3 fully saturated rings.